The summed E-state index contributed by atoms with van der Waals surface area (Å²) in [4.78, 5) is 12.7. The Hall–Kier alpha value is -1.99. The van der Waals surface area contributed by atoms with Crippen LogP contribution >= 0.6 is 0 Å². The van der Waals surface area contributed by atoms with Gasteiger partial charge in [0, 0.05) is 6.42 Å². The molecule has 0 aliphatic carbocycles. The van der Waals surface area contributed by atoms with Crippen LogP contribution in [0.1, 0.15) is 18.5 Å². The van der Waals surface area contributed by atoms with Crippen LogP contribution in [0.15, 0.2) is 6.33 Å². The van der Waals surface area contributed by atoms with E-state index in [0.29, 0.717) is 23.4 Å². The first-order chi connectivity index (χ1) is 11.3. The van der Waals surface area contributed by atoms with Crippen molar-refractivity contribution in [2.75, 3.05) is 12.3 Å². The molecule has 4 N–H and O–H groups in total. The molecule has 1 aliphatic rings. The maximum absolute atomic E-state index is 10.0. The quantitative estimate of drug-likeness (QED) is 0.527. The molecule has 0 radical (unpaired) electrons. The average molecular weight is 347 g/mol. The number of aliphatic hydroxyl groups is 2. The summed E-state index contributed by atoms with van der Waals surface area (Å²) in [6, 6.07) is 0. The second kappa shape index (κ2) is 6.14. The smallest absolute Gasteiger partial charge is 0.189 e. The predicted molar refractivity (Wildman–Crippen MR) is 91.6 cm³/mol. The van der Waals surface area contributed by atoms with E-state index in [-0.39, 0.29) is 12.4 Å². The van der Waals surface area contributed by atoms with Gasteiger partial charge in [-0.15, -0.1) is 5.54 Å². The highest BCUT2D eigenvalue weighted by Gasteiger charge is 2.36. The van der Waals surface area contributed by atoms with E-state index in [0.717, 1.165) is 0 Å². The fourth-order valence-electron chi connectivity index (χ4n) is 2.57. The molecule has 3 unspecified atom stereocenters. The van der Waals surface area contributed by atoms with E-state index >= 15 is 0 Å². The summed E-state index contributed by atoms with van der Waals surface area (Å²) in [6.07, 6.45) is -0.218. The molecule has 24 heavy (non-hydrogen) atoms. The zero-order valence-electron chi connectivity index (χ0n) is 13.9. The lowest BCUT2D eigenvalue weighted by Gasteiger charge is -2.15. The van der Waals surface area contributed by atoms with E-state index < -0.39 is 26.5 Å². The second-order valence-corrected chi connectivity index (χ2v) is 11.6. The van der Waals surface area contributed by atoms with Gasteiger partial charge in [-0.2, -0.15) is 0 Å². The minimum Gasteiger partial charge on any atom is -0.394 e. The Morgan fingerprint density at radius 3 is 2.79 bits per heavy atom. The van der Waals surface area contributed by atoms with Crippen molar-refractivity contribution in [2.24, 2.45) is 0 Å². The fourth-order valence-corrected chi connectivity index (χ4v) is 3.05. The van der Waals surface area contributed by atoms with E-state index in [4.69, 9.17) is 10.5 Å². The molecule has 2 aromatic heterocycles. The van der Waals surface area contributed by atoms with Gasteiger partial charge in [0.05, 0.1) is 12.7 Å². The van der Waals surface area contributed by atoms with Crippen molar-refractivity contribution < 1.29 is 14.9 Å². The van der Waals surface area contributed by atoms with Crippen molar-refractivity contribution in [3.8, 4) is 11.5 Å². The van der Waals surface area contributed by atoms with Crippen LogP contribution in [0.5, 0.6) is 0 Å². The van der Waals surface area contributed by atoms with Crippen molar-refractivity contribution in [1.29, 1.82) is 0 Å². The van der Waals surface area contributed by atoms with Gasteiger partial charge >= 0.3 is 0 Å². The molecule has 0 saturated carbocycles. The van der Waals surface area contributed by atoms with Gasteiger partial charge in [0.15, 0.2) is 22.8 Å². The average Bonchev–Trinajstić information content (AvgIpc) is 3.05. The highest BCUT2D eigenvalue weighted by molar-refractivity contribution is 6.83. The standard InChI is InChI=1S/C15H21N5O3Si/c1-24(2,3)5-4-11-19-13-14(16)17-8-18-15(13)20(11)12-6-9(22)10(7-21)23-12/h8-10,12,21-22H,6-7H2,1-3H3,(H2,16,17,18). The largest absolute Gasteiger partial charge is 0.394 e. The highest BCUT2D eigenvalue weighted by Crippen LogP contribution is 2.32. The van der Waals surface area contributed by atoms with Crippen LogP contribution in [0.2, 0.25) is 19.6 Å². The van der Waals surface area contributed by atoms with Gasteiger partial charge in [0.25, 0.3) is 0 Å². The van der Waals surface area contributed by atoms with Crippen LogP contribution in [0.25, 0.3) is 11.2 Å². The Morgan fingerprint density at radius 1 is 1.42 bits per heavy atom. The van der Waals surface area contributed by atoms with Crippen molar-refractivity contribution in [1.82, 2.24) is 19.5 Å². The van der Waals surface area contributed by atoms with Crippen molar-refractivity contribution in [2.45, 2.75) is 44.5 Å². The molecule has 0 bridgehead atoms. The lowest BCUT2D eigenvalue weighted by Crippen LogP contribution is -2.24. The van der Waals surface area contributed by atoms with Gasteiger partial charge in [-0.05, 0) is 5.92 Å². The topological polar surface area (TPSA) is 119 Å². The summed E-state index contributed by atoms with van der Waals surface area (Å²) in [7, 11) is -1.61. The second-order valence-electron chi connectivity index (χ2n) is 6.85. The van der Waals surface area contributed by atoms with E-state index in [1.807, 2.05) is 0 Å². The molecule has 1 fully saturated rings. The molecule has 9 heteroatoms. The molecule has 0 amide bonds. The fraction of sp³-hybridized carbons (Fsp3) is 0.533. The normalized spacial score (nSPS) is 24.1. The lowest BCUT2D eigenvalue weighted by molar-refractivity contribution is -0.0434. The van der Waals surface area contributed by atoms with Crippen molar-refractivity contribution >= 4 is 25.1 Å². The van der Waals surface area contributed by atoms with E-state index in [1.54, 1.807) is 4.57 Å². The Morgan fingerprint density at radius 2 is 2.17 bits per heavy atom. The Balaban J connectivity index is 2.13. The van der Waals surface area contributed by atoms with Gasteiger partial charge in [-0.1, -0.05) is 19.6 Å². The first-order valence-electron chi connectivity index (χ1n) is 7.76. The molecule has 3 heterocycles. The van der Waals surface area contributed by atoms with Gasteiger partial charge < -0.3 is 20.7 Å². The summed E-state index contributed by atoms with van der Waals surface area (Å²) >= 11 is 0. The molecule has 8 nitrogen and oxygen atoms in total. The van der Waals surface area contributed by atoms with E-state index in [9.17, 15) is 10.2 Å². The predicted octanol–water partition coefficient (Wildman–Crippen LogP) is 0.278. The number of hydrogen-bond donors (Lipinski definition) is 3. The lowest BCUT2D eigenvalue weighted by atomic mass is 10.2. The zero-order chi connectivity index (χ0) is 17.5. The van der Waals surface area contributed by atoms with Gasteiger partial charge in [-0.3, -0.25) is 4.57 Å². The number of fused-ring (bicyclic) bond motifs is 1. The van der Waals surface area contributed by atoms with E-state index in [1.165, 1.54) is 6.33 Å². The van der Waals surface area contributed by atoms with Crippen LogP contribution in [0.4, 0.5) is 5.82 Å². The molecule has 1 aliphatic heterocycles. The van der Waals surface area contributed by atoms with Crippen LogP contribution in [-0.4, -0.2) is 56.6 Å². The van der Waals surface area contributed by atoms with Crippen LogP contribution in [-0.2, 0) is 4.74 Å². The number of aromatic nitrogens is 4. The molecular formula is C15H21N5O3Si. The summed E-state index contributed by atoms with van der Waals surface area (Å²) < 4.78 is 7.49. The first-order valence-corrected chi connectivity index (χ1v) is 11.3. The number of imidazole rings is 1. The molecule has 1 saturated heterocycles. The van der Waals surface area contributed by atoms with Crippen LogP contribution in [0, 0.1) is 11.5 Å². The molecule has 0 spiro atoms. The number of rotatable bonds is 2. The maximum Gasteiger partial charge on any atom is 0.189 e. The Bertz CT molecular complexity index is 820. The number of hydrogen-bond acceptors (Lipinski definition) is 7. The molecule has 3 atom stereocenters. The molecule has 2 aromatic rings. The van der Waals surface area contributed by atoms with Crippen molar-refractivity contribution in [3.05, 3.63) is 12.2 Å². The molecule has 0 aromatic carbocycles. The van der Waals surface area contributed by atoms with Crippen molar-refractivity contribution in [3.63, 3.8) is 0 Å². The summed E-state index contributed by atoms with van der Waals surface area (Å²) in [5.41, 5.74) is 10.1. The Labute approximate surface area is 140 Å². The van der Waals surface area contributed by atoms with E-state index in [2.05, 4.69) is 46.1 Å². The van der Waals surface area contributed by atoms with Gasteiger partial charge in [-0.25, -0.2) is 15.0 Å². The minimum atomic E-state index is -1.61. The number of aliphatic hydroxyl groups excluding tert-OH is 2. The molecule has 3 rings (SSSR count). The number of nitrogens with zero attached hydrogens (tertiary/aromatic N) is 4. The monoisotopic (exact) mass is 347 g/mol. The Kier molecular flexibility index (Phi) is 4.31. The number of nitrogens with two attached hydrogens (primary N) is 1. The van der Waals surface area contributed by atoms with Gasteiger partial charge in [0.2, 0.25) is 0 Å². The summed E-state index contributed by atoms with van der Waals surface area (Å²) in [5.74, 6) is 3.86. The number of nitrogen functional groups attached to an aromatic ring is 1. The maximum atomic E-state index is 10.0. The highest BCUT2D eigenvalue weighted by atomic mass is 28.3. The zero-order valence-corrected chi connectivity index (χ0v) is 14.9. The molecule has 128 valence electrons. The number of ether oxygens (including phenoxy) is 1. The minimum absolute atomic E-state index is 0.253. The third kappa shape index (κ3) is 3.14. The van der Waals surface area contributed by atoms with Crippen LogP contribution in [0.3, 0.4) is 0 Å². The number of anilines is 1. The SMILES string of the molecule is C[Si](C)(C)C#Cc1nc2c(N)ncnc2n1C1CC(O)C(CO)O1. The third-order valence-corrected chi connectivity index (χ3v) is 4.60. The summed E-state index contributed by atoms with van der Waals surface area (Å²) in [5, 5.41) is 19.3. The summed E-state index contributed by atoms with van der Waals surface area (Å²) in [6.45, 7) is 6.16. The first kappa shape index (κ1) is 16.9. The van der Waals surface area contributed by atoms with Gasteiger partial charge in [0.1, 0.15) is 26.7 Å². The third-order valence-electron chi connectivity index (χ3n) is 3.73. The van der Waals surface area contributed by atoms with Crippen LogP contribution < -0.4 is 5.73 Å². The molecular weight excluding hydrogens is 326 g/mol.